The Balaban J connectivity index is 1.66. The molecule has 0 spiro atoms. The summed E-state index contributed by atoms with van der Waals surface area (Å²) >= 11 is 1.63. The molecule has 0 bridgehead atoms. The van der Waals surface area contributed by atoms with Crippen molar-refractivity contribution >= 4 is 17.0 Å². The van der Waals surface area contributed by atoms with Crippen LogP contribution in [0.25, 0.3) is 0 Å². The number of ether oxygens (including phenoxy) is 1. The van der Waals surface area contributed by atoms with E-state index in [1.807, 2.05) is 12.3 Å². The molecular formula is C13H15N3O3S. The smallest absolute Gasteiger partial charge is 0.269 e. The van der Waals surface area contributed by atoms with E-state index in [1.165, 1.54) is 12.1 Å². The van der Waals surface area contributed by atoms with Crippen molar-refractivity contribution in [3.8, 4) is 5.75 Å². The first-order valence-corrected chi connectivity index (χ1v) is 7.02. The monoisotopic (exact) mass is 293 g/mol. The molecule has 1 N–H and O–H groups in total. The second-order valence-electron chi connectivity index (χ2n) is 4.16. The normalized spacial score (nSPS) is 10.4. The van der Waals surface area contributed by atoms with Crippen LogP contribution in [-0.4, -0.2) is 23.1 Å². The van der Waals surface area contributed by atoms with Crippen molar-refractivity contribution in [2.45, 2.75) is 13.5 Å². The SMILES string of the molecule is Cc1csc(CNCCOc2ccc([N+](=O)[O-])cc2)n1. The van der Waals surface area contributed by atoms with Gasteiger partial charge in [-0.15, -0.1) is 11.3 Å². The Labute approximate surface area is 120 Å². The van der Waals surface area contributed by atoms with Gasteiger partial charge in [0.1, 0.15) is 17.4 Å². The summed E-state index contributed by atoms with van der Waals surface area (Å²) < 4.78 is 5.48. The Morgan fingerprint density at radius 1 is 1.40 bits per heavy atom. The lowest BCUT2D eigenvalue weighted by atomic mass is 10.3. The highest BCUT2D eigenvalue weighted by molar-refractivity contribution is 7.09. The van der Waals surface area contributed by atoms with Crippen molar-refractivity contribution < 1.29 is 9.66 Å². The van der Waals surface area contributed by atoms with E-state index in [0.29, 0.717) is 18.9 Å². The quantitative estimate of drug-likeness (QED) is 0.482. The highest BCUT2D eigenvalue weighted by Gasteiger charge is 2.04. The molecule has 2 aromatic rings. The number of nitrogens with zero attached hydrogens (tertiary/aromatic N) is 2. The van der Waals surface area contributed by atoms with Gasteiger partial charge in [0, 0.05) is 36.3 Å². The molecule has 0 unspecified atom stereocenters. The molecule has 0 aliphatic carbocycles. The molecule has 0 amide bonds. The zero-order valence-electron chi connectivity index (χ0n) is 11.0. The Hall–Kier alpha value is -1.99. The maximum Gasteiger partial charge on any atom is 0.269 e. The maximum atomic E-state index is 10.5. The van der Waals surface area contributed by atoms with Crippen molar-refractivity contribution in [1.82, 2.24) is 10.3 Å². The van der Waals surface area contributed by atoms with Crippen molar-refractivity contribution in [3.05, 3.63) is 50.5 Å². The number of hydrogen-bond donors (Lipinski definition) is 1. The van der Waals surface area contributed by atoms with Crippen LogP contribution in [0, 0.1) is 17.0 Å². The van der Waals surface area contributed by atoms with Crippen LogP contribution in [0.4, 0.5) is 5.69 Å². The highest BCUT2D eigenvalue weighted by Crippen LogP contribution is 2.17. The summed E-state index contributed by atoms with van der Waals surface area (Å²) in [6.45, 7) is 3.89. The lowest BCUT2D eigenvalue weighted by molar-refractivity contribution is -0.384. The lowest BCUT2D eigenvalue weighted by Gasteiger charge is -2.06. The molecule has 20 heavy (non-hydrogen) atoms. The Kier molecular flexibility index (Phi) is 5.03. The van der Waals surface area contributed by atoms with Crippen molar-refractivity contribution in [2.24, 2.45) is 0 Å². The average molecular weight is 293 g/mol. The van der Waals surface area contributed by atoms with Crippen LogP contribution >= 0.6 is 11.3 Å². The molecule has 0 saturated heterocycles. The van der Waals surface area contributed by atoms with E-state index in [9.17, 15) is 10.1 Å². The van der Waals surface area contributed by atoms with Crippen LogP contribution in [-0.2, 0) is 6.54 Å². The predicted molar refractivity (Wildman–Crippen MR) is 77.1 cm³/mol. The van der Waals surface area contributed by atoms with Gasteiger partial charge in [-0.1, -0.05) is 0 Å². The van der Waals surface area contributed by atoms with Gasteiger partial charge in [0.05, 0.1) is 4.92 Å². The molecule has 1 aromatic carbocycles. The molecule has 0 aliphatic heterocycles. The third-order valence-corrected chi connectivity index (χ3v) is 3.50. The van der Waals surface area contributed by atoms with Gasteiger partial charge < -0.3 is 10.1 Å². The minimum atomic E-state index is -0.429. The first-order valence-electron chi connectivity index (χ1n) is 6.14. The van der Waals surface area contributed by atoms with Crippen LogP contribution in [0.3, 0.4) is 0 Å². The number of thiazole rings is 1. The number of rotatable bonds is 7. The number of non-ortho nitro benzene ring substituents is 1. The summed E-state index contributed by atoms with van der Waals surface area (Å²) in [5.41, 5.74) is 1.10. The van der Waals surface area contributed by atoms with Gasteiger partial charge in [-0.3, -0.25) is 10.1 Å². The van der Waals surface area contributed by atoms with E-state index in [0.717, 1.165) is 17.2 Å². The number of nitro benzene ring substituents is 1. The molecular weight excluding hydrogens is 278 g/mol. The number of aryl methyl sites for hydroxylation is 1. The van der Waals surface area contributed by atoms with Gasteiger partial charge in [-0.05, 0) is 19.1 Å². The summed E-state index contributed by atoms with van der Waals surface area (Å²) in [5, 5.41) is 16.8. The Morgan fingerprint density at radius 3 is 2.75 bits per heavy atom. The fourth-order valence-electron chi connectivity index (χ4n) is 1.58. The van der Waals surface area contributed by atoms with Crippen LogP contribution in [0.1, 0.15) is 10.7 Å². The first-order chi connectivity index (χ1) is 9.65. The highest BCUT2D eigenvalue weighted by atomic mass is 32.1. The molecule has 106 valence electrons. The summed E-state index contributed by atoms with van der Waals surface area (Å²) in [4.78, 5) is 14.4. The Bertz CT molecular complexity index is 568. The van der Waals surface area contributed by atoms with Crippen LogP contribution < -0.4 is 10.1 Å². The zero-order chi connectivity index (χ0) is 14.4. The van der Waals surface area contributed by atoms with Gasteiger partial charge in [-0.25, -0.2) is 4.98 Å². The average Bonchev–Trinajstić information content (AvgIpc) is 2.84. The maximum absolute atomic E-state index is 10.5. The topological polar surface area (TPSA) is 77.3 Å². The third kappa shape index (κ3) is 4.29. The van der Waals surface area contributed by atoms with Crippen molar-refractivity contribution in [3.63, 3.8) is 0 Å². The summed E-state index contributed by atoms with van der Waals surface area (Å²) in [7, 11) is 0. The van der Waals surface area contributed by atoms with Gasteiger partial charge in [0.25, 0.3) is 5.69 Å². The van der Waals surface area contributed by atoms with Gasteiger partial charge in [0.2, 0.25) is 0 Å². The molecule has 6 nitrogen and oxygen atoms in total. The van der Waals surface area contributed by atoms with Gasteiger partial charge >= 0.3 is 0 Å². The molecule has 0 radical (unpaired) electrons. The number of nitrogens with one attached hydrogen (secondary N) is 1. The minimum absolute atomic E-state index is 0.0645. The van der Waals surface area contributed by atoms with E-state index in [1.54, 1.807) is 23.5 Å². The van der Waals surface area contributed by atoms with Crippen LogP contribution in [0.15, 0.2) is 29.6 Å². The van der Waals surface area contributed by atoms with Crippen molar-refractivity contribution in [1.29, 1.82) is 0 Å². The predicted octanol–water partition coefficient (Wildman–Crippen LogP) is 2.53. The molecule has 7 heteroatoms. The Morgan fingerprint density at radius 2 is 2.15 bits per heavy atom. The first kappa shape index (κ1) is 14.4. The van der Waals surface area contributed by atoms with Crippen LogP contribution in [0.5, 0.6) is 5.75 Å². The van der Waals surface area contributed by atoms with E-state index < -0.39 is 4.92 Å². The zero-order valence-corrected chi connectivity index (χ0v) is 11.9. The molecule has 0 aliphatic rings. The largest absolute Gasteiger partial charge is 0.492 e. The summed E-state index contributed by atoms with van der Waals surface area (Å²) in [6, 6.07) is 6.06. The molecule has 2 rings (SSSR count). The van der Waals surface area contributed by atoms with Gasteiger partial charge in [-0.2, -0.15) is 0 Å². The lowest BCUT2D eigenvalue weighted by Crippen LogP contribution is -2.20. The number of benzene rings is 1. The molecule has 1 heterocycles. The van der Waals surface area contributed by atoms with E-state index in [-0.39, 0.29) is 5.69 Å². The number of aromatic nitrogens is 1. The second kappa shape index (κ2) is 6.97. The van der Waals surface area contributed by atoms with E-state index >= 15 is 0 Å². The fourth-order valence-corrected chi connectivity index (χ4v) is 2.33. The molecule has 1 aromatic heterocycles. The second-order valence-corrected chi connectivity index (χ2v) is 5.10. The molecule has 0 fully saturated rings. The van der Waals surface area contributed by atoms with E-state index in [4.69, 9.17) is 4.74 Å². The third-order valence-electron chi connectivity index (χ3n) is 2.54. The number of hydrogen-bond acceptors (Lipinski definition) is 6. The standard InChI is InChI=1S/C13H15N3O3S/c1-10-9-20-13(15-10)8-14-6-7-19-12-4-2-11(3-5-12)16(17)18/h2-5,9,14H,6-8H2,1H3. The molecule has 0 atom stereocenters. The molecule has 0 saturated carbocycles. The summed E-state index contributed by atoms with van der Waals surface area (Å²) in [6.07, 6.45) is 0. The van der Waals surface area contributed by atoms with Gasteiger partial charge in [0.15, 0.2) is 0 Å². The van der Waals surface area contributed by atoms with Crippen LogP contribution in [0.2, 0.25) is 0 Å². The number of nitro groups is 1. The minimum Gasteiger partial charge on any atom is -0.492 e. The fraction of sp³-hybridized carbons (Fsp3) is 0.308. The van der Waals surface area contributed by atoms with E-state index in [2.05, 4.69) is 10.3 Å². The van der Waals surface area contributed by atoms with Crippen molar-refractivity contribution in [2.75, 3.05) is 13.2 Å². The summed E-state index contributed by atoms with van der Waals surface area (Å²) in [5.74, 6) is 0.627.